The third-order valence-corrected chi connectivity index (χ3v) is 17.1. The minimum absolute atomic E-state index is 0.0367. The molecule has 1 amide bonds. The number of amides is 1. The molecule has 0 rings (SSSR count). The maximum atomic E-state index is 13.6. The summed E-state index contributed by atoms with van der Waals surface area (Å²) in [4.78, 5) is 37.9. The van der Waals surface area contributed by atoms with E-state index in [0.717, 1.165) is 89.9 Å². The number of hydrogen-bond donors (Lipinski definition) is 2. The summed E-state index contributed by atoms with van der Waals surface area (Å²) in [5.41, 5.74) is 0. The zero-order chi connectivity index (χ0) is 62.1. The number of unbranched alkanes of at least 4 members (excludes halogenated alkanes) is 40. The third kappa shape index (κ3) is 65.7. The van der Waals surface area contributed by atoms with Crippen LogP contribution in [0, 0.1) is 0 Å². The Morgan fingerprint density at radius 1 is 0.412 bits per heavy atom. The van der Waals surface area contributed by atoms with E-state index in [2.05, 4.69) is 86.8 Å². The topological polar surface area (TPSA) is 111 Å². The summed E-state index contributed by atoms with van der Waals surface area (Å²) >= 11 is 0. The van der Waals surface area contributed by atoms with Crippen LogP contribution in [0.2, 0.25) is 0 Å². The van der Waals surface area contributed by atoms with E-state index in [9.17, 15) is 19.0 Å². The molecule has 0 aromatic heterocycles. The average molecular weight is 1210 g/mol. The van der Waals surface area contributed by atoms with Crippen molar-refractivity contribution in [3.8, 4) is 0 Å². The van der Waals surface area contributed by atoms with Crippen molar-refractivity contribution in [1.29, 1.82) is 0 Å². The molecule has 0 bridgehead atoms. The van der Waals surface area contributed by atoms with Crippen LogP contribution in [0.15, 0.2) is 72.9 Å². The largest absolute Gasteiger partial charge is 0.472 e. The van der Waals surface area contributed by atoms with Crippen molar-refractivity contribution in [2.45, 2.75) is 354 Å². The highest BCUT2D eigenvalue weighted by molar-refractivity contribution is 7.47. The van der Waals surface area contributed by atoms with Crippen molar-refractivity contribution in [3.05, 3.63) is 72.9 Å². The van der Waals surface area contributed by atoms with Crippen LogP contribution < -0.4 is 5.32 Å². The molecule has 0 heterocycles. The molecule has 3 atom stereocenters. The Labute approximate surface area is 527 Å². The van der Waals surface area contributed by atoms with Gasteiger partial charge in [-0.1, -0.05) is 299 Å². The molecule has 0 saturated carbocycles. The van der Waals surface area contributed by atoms with Gasteiger partial charge in [0.15, 0.2) is 0 Å². The van der Waals surface area contributed by atoms with Gasteiger partial charge in [0.1, 0.15) is 19.3 Å². The van der Waals surface area contributed by atoms with Gasteiger partial charge in [0.2, 0.25) is 5.91 Å². The van der Waals surface area contributed by atoms with Gasteiger partial charge >= 0.3 is 13.8 Å². The minimum atomic E-state index is -4.46. The van der Waals surface area contributed by atoms with Gasteiger partial charge in [0, 0.05) is 12.8 Å². The highest BCUT2D eigenvalue weighted by Crippen LogP contribution is 2.43. The number of phosphoric acid groups is 1. The number of rotatable bonds is 66. The van der Waals surface area contributed by atoms with Gasteiger partial charge in [-0.05, 0) is 102 Å². The second-order valence-electron chi connectivity index (χ2n) is 25.8. The van der Waals surface area contributed by atoms with Crippen molar-refractivity contribution < 1.29 is 37.3 Å². The highest BCUT2D eigenvalue weighted by atomic mass is 31.2. The van der Waals surface area contributed by atoms with Crippen molar-refractivity contribution >= 4 is 19.7 Å². The van der Waals surface area contributed by atoms with Crippen molar-refractivity contribution in [1.82, 2.24) is 5.32 Å². The summed E-state index contributed by atoms with van der Waals surface area (Å²) in [6, 6.07) is -0.858. The second kappa shape index (κ2) is 64.4. The lowest BCUT2D eigenvalue weighted by Crippen LogP contribution is -2.47. The normalized spacial score (nSPS) is 13.9. The van der Waals surface area contributed by atoms with Gasteiger partial charge in [-0.3, -0.25) is 18.6 Å². The van der Waals surface area contributed by atoms with E-state index in [1.165, 1.54) is 218 Å². The number of phosphoric ester groups is 1. The Kier molecular flexibility index (Phi) is 62.5. The molecule has 0 aliphatic rings. The number of hydrogen-bond acceptors (Lipinski definition) is 6. The maximum Gasteiger partial charge on any atom is 0.472 e. The number of nitrogens with zero attached hydrogens (tertiary/aromatic N) is 1. The molecule has 2 N–H and O–H groups in total. The lowest BCUT2D eigenvalue weighted by molar-refractivity contribution is -0.870. The summed E-state index contributed by atoms with van der Waals surface area (Å²) in [6.07, 6.45) is 84.9. The quantitative estimate of drug-likeness (QED) is 0.0205. The van der Waals surface area contributed by atoms with Crippen LogP contribution in [-0.4, -0.2) is 74.3 Å². The molecule has 0 spiro atoms. The van der Waals surface area contributed by atoms with Crippen LogP contribution in [0.5, 0.6) is 0 Å². The SMILES string of the molecule is CCCCC/C=C\C/C=C\C/C=C\CCCCCCCCC(=O)NC(COP(=O)(O)OCC[N+](C)(C)C)C(/C=C\CCCCCCCCCCCCC)OC(=O)CCCCCCCCCCCCCCCCCCC/C=C\C/C=C\CCCCC. The minimum Gasteiger partial charge on any atom is -0.456 e. The highest BCUT2D eigenvalue weighted by Gasteiger charge is 2.30. The zero-order valence-corrected chi connectivity index (χ0v) is 57.7. The molecule has 0 radical (unpaired) electrons. The van der Waals surface area contributed by atoms with E-state index >= 15 is 0 Å². The van der Waals surface area contributed by atoms with Crippen LogP contribution in [0.1, 0.15) is 342 Å². The van der Waals surface area contributed by atoms with E-state index in [1.807, 2.05) is 33.3 Å². The first kappa shape index (κ1) is 82.5. The predicted octanol–water partition coefficient (Wildman–Crippen LogP) is 23.1. The van der Waals surface area contributed by atoms with Gasteiger partial charge in [-0.25, -0.2) is 4.57 Å². The smallest absolute Gasteiger partial charge is 0.456 e. The van der Waals surface area contributed by atoms with E-state index in [4.69, 9.17) is 13.8 Å². The Hall–Kier alpha value is -2.55. The number of carbonyl (C=O) groups is 2. The van der Waals surface area contributed by atoms with E-state index in [-0.39, 0.29) is 31.5 Å². The lowest BCUT2D eigenvalue weighted by Gasteiger charge is -2.27. The summed E-state index contributed by atoms with van der Waals surface area (Å²) in [6.45, 7) is 6.99. The van der Waals surface area contributed by atoms with Gasteiger partial charge in [0.05, 0.1) is 33.8 Å². The van der Waals surface area contributed by atoms with Crippen molar-refractivity contribution in [2.75, 3.05) is 40.9 Å². The number of allylic oxidation sites excluding steroid dienone is 11. The molecule has 0 aliphatic heterocycles. The number of nitrogens with one attached hydrogen (secondary N) is 1. The number of carbonyl (C=O) groups excluding carboxylic acids is 2. The standard InChI is InChI=1S/C75H139N2O7P/c1-7-10-13-16-19-22-25-28-30-32-34-35-36-37-38-39-40-41-43-45-47-50-53-56-59-62-65-68-75(79)84-73(66-63-60-57-54-51-48-27-24-21-18-15-12-9-3)72(71-83-85(80,81)82-70-69-77(4,5)6)76-74(78)67-64-61-58-55-52-49-46-44-42-33-31-29-26-23-20-17-14-11-8-2/h19-20,22-23,28-31,42,44,63,66,72-73H,7-18,21,24-27,32-41,43,45-62,64-65,67-71H2,1-6H3,(H-,76,78,80,81)/p+1/b22-19-,23-20-,30-28-,31-29-,44-42-,66-63-. The van der Waals surface area contributed by atoms with E-state index in [0.29, 0.717) is 17.4 Å². The fourth-order valence-corrected chi connectivity index (χ4v) is 11.2. The fraction of sp³-hybridized carbons (Fsp3) is 0.813. The maximum absolute atomic E-state index is 13.6. The van der Waals surface area contributed by atoms with Crippen LogP contribution in [0.3, 0.4) is 0 Å². The average Bonchev–Trinajstić information content (AvgIpc) is 3.50. The molecule has 85 heavy (non-hydrogen) atoms. The van der Waals surface area contributed by atoms with E-state index in [1.54, 1.807) is 0 Å². The molecule has 0 aliphatic carbocycles. The predicted molar refractivity (Wildman–Crippen MR) is 369 cm³/mol. The first-order valence-electron chi connectivity index (χ1n) is 36.3. The van der Waals surface area contributed by atoms with Crippen molar-refractivity contribution in [3.63, 3.8) is 0 Å². The molecule has 496 valence electrons. The monoisotopic (exact) mass is 1210 g/mol. The Morgan fingerprint density at radius 3 is 1.09 bits per heavy atom. The molecule has 0 fully saturated rings. The molecule has 0 aromatic rings. The zero-order valence-electron chi connectivity index (χ0n) is 56.9. The van der Waals surface area contributed by atoms with E-state index < -0.39 is 20.0 Å². The molecular formula is C75H140N2O7P+. The summed E-state index contributed by atoms with van der Waals surface area (Å²) in [5, 5.41) is 3.07. The first-order valence-corrected chi connectivity index (χ1v) is 37.8. The van der Waals surface area contributed by atoms with Crippen LogP contribution in [-0.2, 0) is 27.9 Å². The molecule has 0 saturated heterocycles. The number of esters is 1. The molecule has 9 nitrogen and oxygen atoms in total. The van der Waals surface area contributed by atoms with Crippen LogP contribution in [0.25, 0.3) is 0 Å². The number of quaternary nitrogens is 1. The summed E-state index contributed by atoms with van der Waals surface area (Å²) in [7, 11) is 1.49. The molecule has 0 aromatic carbocycles. The summed E-state index contributed by atoms with van der Waals surface area (Å²) < 4.78 is 30.8. The van der Waals surface area contributed by atoms with Gasteiger partial charge in [-0.2, -0.15) is 0 Å². The summed E-state index contributed by atoms with van der Waals surface area (Å²) in [5.74, 6) is -0.508. The fourth-order valence-electron chi connectivity index (χ4n) is 10.5. The Balaban J connectivity index is 5.05. The number of ether oxygens (including phenoxy) is 1. The van der Waals surface area contributed by atoms with Crippen LogP contribution >= 0.6 is 7.82 Å². The third-order valence-electron chi connectivity index (χ3n) is 16.1. The second-order valence-corrected chi connectivity index (χ2v) is 27.2. The molecule has 10 heteroatoms. The first-order chi connectivity index (χ1) is 41.4. The van der Waals surface area contributed by atoms with Gasteiger partial charge < -0.3 is 19.4 Å². The van der Waals surface area contributed by atoms with Crippen LogP contribution in [0.4, 0.5) is 0 Å². The molecular weight excluding hydrogens is 1070 g/mol. The Bertz CT molecular complexity index is 1680. The van der Waals surface area contributed by atoms with Gasteiger partial charge in [0.25, 0.3) is 0 Å². The molecule has 3 unspecified atom stereocenters. The van der Waals surface area contributed by atoms with Gasteiger partial charge in [-0.15, -0.1) is 0 Å². The lowest BCUT2D eigenvalue weighted by atomic mass is 10.0. The Morgan fingerprint density at radius 2 is 0.718 bits per heavy atom. The van der Waals surface area contributed by atoms with Crippen molar-refractivity contribution in [2.24, 2.45) is 0 Å². The number of likely N-dealkylation sites (N-methyl/N-ethyl adjacent to an activating group) is 1.